The second-order valence-electron chi connectivity index (χ2n) is 8.98. The SMILES string of the molecule is Cc1cccc(-n2c(SC/C=C/c3ccccc3)nc3sc4c(c3c2=O)C[C@H](C(C)C)OC4)c1. The van der Waals surface area contributed by atoms with Gasteiger partial charge in [-0.2, -0.15) is 0 Å². The van der Waals surface area contributed by atoms with Crippen LogP contribution in [0, 0.1) is 12.8 Å². The molecule has 0 fully saturated rings. The van der Waals surface area contributed by atoms with Crippen molar-refractivity contribution in [3.05, 3.63) is 92.6 Å². The zero-order valence-corrected chi connectivity index (χ0v) is 21.3. The smallest absolute Gasteiger partial charge is 0.267 e. The molecule has 2 aromatic heterocycles. The molecule has 0 N–H and O–H groups in total. The third-order valence-corrected chi connectivity index (χ3v) is 8.12. The van der Waals surface area contributed by atoms with Crippen molar-refractivity contribution < 1.29 is 4.74 Å². The van der Waals surface area contributed by atoms with E-state index in [1.54, 1.807) is 27.7 Å². The molecule has 3 heterocycles. The lowest BCUT2D eigenvalue weighted by Gasteiger charge is -2.26. The van der Waals surface area contributed by atoms with Crippen molar-refractivity contribution >= 4 is 39.4 Å². The molecule has 6 heteroatoms. The molecule has 1 aliphatic rings. The van der Waals surface area contributed by atoms with E-state index in [1.165, 1.54) is 0 Å². The van der Waals surface area contributed by atoms with E-state index in [-0.39, 0.29) is 11.7 Å². The molecule has 4 aromatic rings. The number of hydrogen-bond donors (Lipinski definition) is 0. The van der Waals surface area contributed by atoms with E-state index in [0.717, 1.165) is 54.8 Å². The summed E-state index contributed by atoms with van der Waals surface area (Å²) < 4.78 is 7.87. The van der Waals surface area contributed by atoms with Crippen molar-refractivity contribution in [2.45, 2.75) is 45.1 Å². The van der Waals surface area contributed by atoms with E-state index in [2.05, 4.69) is 44.2 Å². The Bertz CT molecular complexity index is 1400. The topological polar surface area (TPSA) is 44.1 Å². The van der Waals surface area contributed by atoms with Gasteiger partial charge >= 0.3 is 0 Å². The molecule has 0 saturated carbocycles. The molecule has 2 aromatic carbocycles. The molecule has 0 radical (unpaired) electrons. The normalized spacial score (nSPS) is 15.9. The molecule has 1 aliphatic heterocycles. The van der Waals surface area contributed by atoms with Crippen molar-refractivity contribution in [3.63, 3.8) is 0 Å². The molecule has 0 saturated heterocycles. The summed E-state index contributed by atoms with van der Waals surface area (Å²) in [5, 5.41) is 1.49. The van der Waals surface area contributed by atoms with Crippen molar-refractivity contribution in [1.29, 1.82) is 0 Å². The third-order valence-electron chi connectivity index (χ3n) is 6.13. The first-order chi connectivity index (χ1) is 16.5. The van der Waals surface area contributed by atoms with Crippen LogP contribution in [0.3, 0.4) is 0 Å². The fraction of sp³-hybridized carbons (Fsp3) is 0.286. The number of aromatic nitrogens is 2. The molecule has 174 valence electrons. The highest BCUT2D eigenvalue weighted by molar-refractivity contribution is 7.99. The molecular weight excluding hydrogens is 460 g/mol. The maximum atomic E-state index is 14.0. The fourth-order valence-electron chi connectivity index (χ4n) is 4.30. The summed E-state index contributed by atoms with van der Waals surface area (Å²) >= 11 is 3.19. The number of fused-ring (bicyclic) bond motifs is 3. The lowest BCUT2D eigenvalue weighted by molar-refractivity contribution is 0.00200. The molecule has 1 atom stereocenters. The van der Waals surface area contributed by atoms with Crippen LogP contribution in [0.25, 0.3) is 22.0 Å². The van der Waals surface area contributed by atoms with Crippen LogP contribution in [0.1, 0.15) is 35.4 Å². The molecule has 0 spiro atoms. The first kappa shape index (κ1) is 23.1. The molecule has 4 nitrogen and oxygen atoms in total. The van der Waals surface area contributed by atoms with Crippen LogP contribution in [0.2, 0.25) is 0 Å². The Morgan fingerprint density at radius 1 is 1.21 bits per heavy atom. The summed E-state index contributed by atoms with van der Waals surface area (Å²) in [6.45, 7) is 6.95. The van der Waals surface area contributed by atoms with E-state index in [0.29, 0.717) is 12.5 Å². The molecule has 0 bridgehead atoms. The summed E-state index contributed by atoms with van der Waals surface area (Å²) in [6.07, 6.45) is 5.13. The third kappa shape index (κ3) is 4.63. The minimum absolute atomic E-state index is 0.0204. The van der Waals surface area contributed by atoms with Gasteiger partial charge in [0, 0.05) is 17.1 Å². The molecule has 0 aliphatic carbocycles. The summed E-state index contributed by atoms with van der Waals surface area (Å²) in [5.74, 6) is 1.13. The number of benzene rings is 2. The predicted octanol–water partition coefficient (Wildman–Crippen LogP) is 6.66. The number of thioether (sulfide) groups is 1. The number of thiophene rings is 1. The highest BCUT2D eigenvalue weighted by atomic mass is 32.2. The Labute approximate surface area is 208 Å². The van der Waals surface area contributed by atoms with Crippen molar-refractivity contribution in [2.24, 2.45) is 5.92 Å². The summed E-state index contributed by atoms with van der Waals surface area (Å²) in [7, 11) is 0. The van der Waals surface area contributed by atoms with E-state index < -0.39 is 0 Å². The number of hydrogen-bond acceptors (Lipinski definition) is 5. The largest absolute Gasteiger partial charge is 0.372 e. The molecule has 0 unspecified atom stereocenters. The fourth-order valence-corrected chi connectivity index (χ4v) is 6.28. The average Bonchev–Trinajstić information content (AvgIpc) is 3.20. The first-order valence-corrected chi connectivity index (χ1v) is 13.4. The lowest BCUT2D eigenvalue weighted by Crippen LogP contribution is -2.28. The van der Waals surface area contributed by atoms with Gasteiger partial charge < -0.3 is 4.74 Å². The Hall–Kier alpha value is -2.67. The lowest BCUT2D eigenvalue weighted by atomic mass is 9.96. The quantitative estimate of drug-likeness (QED) is 0.225. The summed E-state index contributed by atoms with van der Waals surface area (Å²) in [4.78, 5) is 21.0. The monoisotopic (exact) mass is 488 g/mol. The number of rotatable bonds is 6. The zero-order valence-electron chi connectivity index (χ0n) is 19.7. The van der Waals surface area contributed by atoms with Crippen LogP contribution < -0.4 is 5.56 Å². The second kappa shape index (κ2) is 9.90. The van der Waals surface area contributed by atoms with Gasteiger partial charge in [0.05, 0.1) is 23.8 Å². The Kier molecular flexibility index (Phi) is 6.73. The standard InChI is InChI=1S/C28H28N2O2S2/c1-18(2)23-16-22-24(17-32-23)34-26-25(22)27(31)30(21-13-7-9-19(3)15-21)28(29-26)33-14-8-12-20-10-5-4-6-11-20/h4-13,15,18,23H,14,16-17H2,1-3H3/b12-8+/t23-/m1/s1. The van der Waals surface area contributed by atoms with Crippen LogP contribution in [-0.2, 0) is 17.8 Å². The maximum Gasteiger partial charge on any atom is 0.267 e. The van der Waals surface area contributed by atoms with Gasteiger partial charge in [0.25, 0.3) is 5.56 Å². The van der Waals surface area contributed by atoms with Crippen molar-refractivity contribution in [1.82, 2.24) is 9.55 Å². The Morgan fingerprint density at radius 2 is 2.03 bits per heavy atom. The van der Waals surface area contributed by atoms with E-state index in [1.807, 2.05) is 43.3 Å². The van der Waals surface area contributed by atoms with Gasteiger partial charge in [0.15, 0.2) is 5.16 Å². The highest BCUT2D eigenvalue weighted by Gasteiger charge is 2.28. The minimum atomic E-state index is 0.0204. The molecule has 5 rings (SSSR count). The molecule has 0 amide bonds. The summed E-state index contributed by atoms with van der Waals surface area (Å²) in [5.41, 5.74) is 4.29. The van der Waals surface area contributed by atoms with E-state index in [4.69, 9.17) is 9.72 Å². The zero-order chi connectivity index (χ0) is 23.7. The van der Waals surface area contributed by atoms with E-state index >= 15 is 0 Å². The van der Waals surface area contributed by atoms with Gasteiger partial charge in [0.2, 0.25) is 0 Å². The molecular formula is C28H28N2O2S2. The van der Waals surface area contributed by atoms with Crippen molar-refractivity contribution in [3.8, 4) is 5.69 Å². The van der Waals surface area contributed by atoms with E-state index in [9.17, 15) is 4.79 Å². The van der Waals surface area contributed by atoms with Gasteiger partial charge in [-0.1, -0.05) is 80.2 Å². The maximum absolute atomic E-state index is 14.0. The van der Waals surface area contributed by atoms with Crippen LogP contribution in [-0.4, -0.2) is 21.4 Å². The average molecular weight is 489 g/mol. The predicted molar refractivity (Wildman–Crippen MR) is 143 cm³/mol. The minimum Gasteiger partial charge on any atom is -0.372 e. The number of ether oxygens (including phenoxy) is 1. The van der Waals surface area contributed by atoms with Crippen LogP contribution in [0.4, 0.5) is 0 Å². The van der Waals surface area contributed by atoms with Crippen LogP contribution in [0.5, 0.6) is 0 Å². The second-order valence-corrected chi connectivity index (χ2v) is 11.1. The first-order valence-electron chi connectivity index (χ1n) is 11.6. The Balaban J connectivity index is 1.57. The van der Waals surface area contributed by atoms with Gasteiger partial charge in [-0.05, 0) is 41.7 Å². The molecule has 34 heavy (non-hydrogen) atoms. The van der Waals surface area contributed by atoms with Gasteiger partial charge in [-0.15, -0.1) is 11.3 Å². The van der Waals surface area contributed by atoms with Crippen molar-refractivity contribution in [2.75, 3.05) is 5.75 Å². The van der Waals surface area contributed by atoms with Gasteiger partial charge in [-0.25, -0.2) is 4.98 Å². The number of nitrogens with zero attached hydrogens (tertiary/aromatic N) is 2. The number of aryl methyl sites for hydroxylation is 1. The van der Waals surface area contributed by atoms with Crippen LogP contribution in [0.15, 0.2) is 70.6 Å². The Morgan fingerprint density at radius 3 is 2.79 bits per heavy atom. The van der Waals surface area contributed by atoms with Gasteiger partial charge in [-0.3, -0.25) is 9.36 Å². The van der Waals surface area contributed by atoms with Gasteiger partial charge in [0.1, 0.15) is 4.83 Å². The highest BCUT2D eigenvalue weighted by Crippen LogP contribution is 2.36. The van der Waals surface area contributed by atoms with Crippen LogP contribution >= 0.6 is 23.1 Å². The summed E-state index contributed by atoms with van der Waals surface area (Å²) in [6, 6.07) is 18.3.